The molecule has 0 radical (unpaired) electrons. The van der Waals surface area contributed by atoms with Gasteiger partial charge in [0.2, 0.25) is 5.95 Å². The first-order chi connectivity index (χ1) is 9.51. The molecule has 0 aliphatic carbocycles. The van der Waals surface area contributed by atoms with Gasteiger partial charge in [0.15, 0.2) is 11.9 Å². The molecule has 0 unspecified atom stereocenters. The molecular formula is C11H15N5O4. The first kappa shape index (κ1) is 13.0. The van der Waals surface area contributed by atoms with Gasteiger partial charge in [-0.05, 0) is 6.92 Å². The molecule has 9 nitrogen and oxygen atoms in total. The number of nitrogens with zero attached hydrogens (tertiary/aromatic N) is 3. The number of nitrogens with two attached hydrogens (primary N) is 1. The lowest BCUT2D eigenvalue weighted by Gasteiger charge is -2.12. The number of aromatic nitrogens is 4. The van der Waals surface area contributed by atoms with Gasteiger partial charge < -0.3 is 20.7 Å². The van der Waals surface area contributed by atoms with Crippen molar-refractivity contribution in [3.05, 3.63) is 16.0 Å². The number of rotatable bonds is 2. The van der Waals surface area contributed by atoms with Crippen molar-refractivity contribution in [2.24, 2.45) is 0 Å². The maximum atomic E-state index is 11.9. The molecule has 1 fully saturated rings. The number of nitrogens with one attached hydrogen (secondary N) is 1. The molecule has 0 bridgehead atoms. The molecule has 2 aromatic heterocycles. The molecule has 0 aromatic carbocycles. The second-order valence-electron chi connectivity index (χ2n) is 4.79. The molecule has 0 amide bonds. The Kier molecular flexibility index (Phi) is 2.96. The number of nitrogen functional groups attached to an aromatic ring is 1. The minimum absolute atomic E-state index is 0.0131. The summed E-state index contributed by atoms with van der Waals surface area (Å²) in [6.45, 7) is 1.40. The summed E-state index contributed by atoms with van der Waals surface area (Å²) in [5.41, 5.74) is 5.98. The van der Waals surface area contributed by atoms with E-state index in [1.54, 1.807) is 6.92 Å². The van der Waals surface area contributed by atoms with E-state index in [1.165, 1.54) is 4.68 Å². The molecule has 1 aliphatic rings. The molecule has 3 rings (SSSR count). The standard InChI is InChI=1S/C11H15N5O4/c1-4-8-9(13-11(12)14-10(8)19)16(15-4)7-2-5(18)6(3-17)20-7/h5-7,17-18H,2-3H2,1H3,(H3,12,13,14,19)/t5-,6-,7-/m1/s1. The van der Waals surface area contributed by atoms with Crippen molar-refractivity contribution in [3.63, 3.8) is 0 Å². The molecule has 1 aliphatic heterocycles. The van der Waals surface area contributed by atoms with Gasteiger partial charge >= 0.3 is 0 Å². The number of fused-ring (bicyclic) bond motifs is 1. The van der Waals surface area contributed by atoms with Crippen molar-refractivity contribution in [2.45, 2.75) is 31.8 Å². The minimum atomic E-state index is -0.788. The van der Waals surface area contributed by atoms with Gasteiger partial charge in [-0.3, -0.25) is 9.78 Å². The fourth-order valence-corrected chi connectivity index (χ4v) is 2.46. The number of H-pyrrole nitrogens is 1. The highest BCUT2D eigenvalue weighted by atomic mass is 16.5. The maximum absolute atomic E-state index is 11.9. The van der Waals surface area contributed by atoms with E-state index in [-0.39, 0.29) is 24.5 Å². The number of aliphatic hydroxyl groups is 2. The Morgan fingerprint density at radius 1 is 1.60 bits per heavy atom. The zero-order chi connectivity index (χ0) is 14.4. The van der Waals surface area contributed by atoms with Crippen LogP contribution < -0.4 is 11.3 Å². The van der Waals surface area contributed by atoms with Gasteiger partial charge in [0.25, 0.3) is 5.56 Å². The van der Waals surface area contributed by atoms with E-state index >= 15 is 0 Å². The molecular weight excluding hydrogens is 266 g/mol. The number of ether oxygens (including phenoxy) is 1. The number of aliphatic hydroxyl groups excluding tert-OH is 2. The van der Waals surface area contributed by atoms with Gasteiger partial charge in [-0.2, -0.15) is 10.1 Å². The van der Waals surface area contributed by atoms with Crippen LogP contribution in [0.4, 0.5) is 5.95 Å². The minimum Gasteiger partial charge on any atom is -0.394 e. The first-order valence-electron chi connectivity index (χ1n) is 6.20. The summed E-state index contributed by atoms with van der Waals surface area (Å²) in [6.07, 6.45) is -1.79. The molecule has 5 N–H and O–H groups in total. The van der Waals surface area contributed by atoms with Gasteiger partial charge in [0.1, 0.15) is 11.5 Å². The second-order valence-corrected chi connectivity index (χ2v) is 4.79. The molecule has 2 aromatic rings. The third-order valence-electron chi connectivity index (χ3n) is 3.41. The molecule has 0 saturated carbocycles. The van der Waals surface area contributed by atoms with Crippen LogP contribution in [0, 0.1) is 6.92 Å². The Bertz CT molecular complexity index is 709. The van der Waals surface area contributed by atoms with E-state index in [9.17, 15) is 9.90 Å². The number of aromatic amines is 1. The molecule has 1 saturated heterocycles. The summed E-state index contributed by atoms with van der Waals surface area (Å²) in [5, 5.41) is 23.4. The van der Waals surface area contributed by atoms with E-state index in [0.717, 1.165) is 0 Å². The summed E-state index contributed by atoms with van der Waals surface area (Å²) in [4.78, 5) is 18.4. The van der Waals surface area contributed by atoms with Crippen molar-refractivity contribution < 1.29 is 14.9 Å². The summed E-state index contributed by atoms with van der Waals surface area (Å²) < 4.78 is 6.94. The number of hydrogen-bond donors (Lipinski definition) is 4. The van der Waals surface area contributed by atoms with Crippen molar-refractivity contribution >= 4 is 17.0 Å². The molecule has 3 atom stereocenters. The zero-order valence-electron chi connectivity index (χ0n) is 10.8. The van der Waals surface area contributed by atoms with E-state index in [4.69, 9.17) is 15.6 Å². The van der Waals surface area contributed by atoms with Crippen LogP contribution in [0.3, 0.4) is 0 Å². The van der Waals surface area contributed by atoms with E-state index in [0.29, 0.717) is 16.7 Å². The topological polar surface area (TPSA) is 139 Å². The van der Waals surface area contributed by atoms with Crippen LogP contribution in [-0.4, -0.2) is 48.8 Å². The quantitative estimate of drug-likeness (QED) is 0.533. The molecule has 3 heterocycles. The molecule has 9 heteroatoms. The Morgan fingerprint density at radius 3 is 3.00 bits per heavy atom. The zero-order valence-corrected chi connectivity index (χ0v) is 10.8. The van der Waals surface area contributed by atoms with Crippen LogP contribution in [0.1, 0.15) is 18.3 Å². The molecule has 108 valence electrons. The fourth-order valence-electron chi connectivity index (χ4n) is 2.46. The third kappa shape index (κ3) is 1.87. The van der Waals surface area contributed by atoms with Crippen LogP contribution in [0.2, 0.25) is 0 Å². The van der Waals surface area contributed by atoms with Gasteiger partial charge in [-0.1, -0.05) is 0 Å². The van der Waals surface area contributed by atoms with Gasteiger partial charge in [-0.15, -0.1) is 0 Å². The van der Waals surface area contributed by atoms with E-state index in [2.05, 4.69) is 15.1 Å². The maximum Gasteiger partial charge on any atom is 0.263 e. The van der Waals surface area contributed by atoms with Crippen LogP contribution in [0.5, 0.6) is 0 Å². The average molecular weight is 281 g/mol. The van der Waals surface area contributed by atoms with Crippen molar-refractivity contribution in [2.75, 3.05) is 12.3 Å². The van der Waals surface area contributed by atoms with Gasteiger partial charge in [-0.25, -0.2) is 4.68 Å². The predicted octanol–water partition coefficient (Wildman–Crippen LogP) is -1.35. The normalized spacial score (nSPS) is 26.4. The van der Waals surface area contributed by atoms with Crippen molar-refractivity contribution in [1.29, 1.82) is 0 Å². The van der Waals surface area contributed by atoms with Gasteiger partial charge in [0, 0.05) is 6.42 Å². The molecule has 20 heavy (non-hydrogen) atoms. The lowest BCUT2D eigenvalue weighted by atomic mass is 10.2. The largest absolute Gasteiger partial charge is 0.394 e. The van der Waals surface area contributed by atoms with E-state index in [1.807, 2.05) is 0 Å². The highest BCUT2D eigenvalue weighted by Crippen LogP contribution is 2.30. The smallest absolute Gasteiger partial charge is 0.263 e. The average Bonchev–Trinajstić information content (AvgIpc) is 2.90. The summed E-state index contributed by atoms with van der Waals surface area (Å²) in [6, 6.07) is 0. The number of anilines is 1. The summed E-state index contributed by atoms with van der Waals surface area (Å²) in [5.74, 6) is -0.0131. The fraction of sp³-hybridized carbons (Fsp3) is 0.545. The van der Waals surface area contributed by atoms with Crippen molar-refractivity contribution in [3.8, 4) is 0 Å². The second kappa shape index (κ2) is 4.54. The Labute approximate surface area is 113 Å². The van der Waals surface area contributed by atoms with E-state index < -0.39 is 18.4 Å². The number of hydrogen-bond acceptors (Lipinski definition) is 7. The lowest BCUT2D eigenvalue weighted by Crippen LogP contribution is -2.24. The molecule has 0 spiro atoms. The van der Waals surface area contributed by atoms with Crippen molar-refractivity contribution in [1.82, 2.24) is 19.7 Å². The Hall–Kier alpha value is -1.97. The first-order valence-corrected chi connectivity index (χ1v) is 6.20. The third-order valence-corrected chi connectivity index (χ3v) is 3.41. The Morgan fingerprint density at radius 2 is 2.35 bits per heavy atom. The highest BCUT2D eigenvalue weighted by molar-refractivity contribution is 5.77. The highest BCUT2D eigenvalue weighted by Gasteiger charge is 2.36. The number of aryl methyl sites for hydroxylation is 1. The SMILES string of the molecule is Cc1nn([C@H]2C[C@@H](O)[C@@H](CO)O2)c2nc(N)[nH]c(=O)c12. The van der Waals surface area contributed by atoms with Crippen LogP contribution in [-0.2, 0) is 4.74 Å². The van der Waals surface area contributed by atoms with Gasteiger partial charge in [0.05, 0.1) is 18.4 Å². The summed E-state index contributed by atoms with van der Waals surface area (Å²) >= 11 is 0. The van der Waals surface area contributed by atoms with Crippen LogP contribution in [0.25, 0.3) is 11.0 Å². The Balaban J connectivity index is 2.11. The van der Waals surface area contributed by atoms with Crippen LogP contribution in [0.15, 0.2) is 4.79 Å². The van der Waals surface area contributed by atoms with Crippen LogP contribution >= 0.6 is 0 Å². The monoisotopic (exact) mass is 281 g/mol. The predicted molar refractivity (Wildman–Crippen MR) is 68.9 cm³/mol. The lowest BCUT2D eigenvalue weighted by molar-refractivity contribution is -0.0471. The summed E-state index contributed by atoms with van der Waals surface area (Å²) in [7, 11) is 0.